The lowest BCUT2D eigenvalue weighted by atomic mass is 10.1. The summed E-state index contributed by atoms with van der Waals surface area (Å²) in [7, 11) is -2.18. The summed E-state index contributed by atoms with van der Waals surface area (Å²) >= 11 is 0. The standard InChI is InChI=1S/C26H29N3O5S/c1-19(21-10-11-24(25(17-21)33-2)34-18-20-12-14-27-15-13-20)28-26(30)23-9-6-16-29(23)35(31,32)22-7-4-3-5-8-22/h3-5,7-8,10-15,17,19,23H,6,9,16,18H2,1-2H3,(H,28,30)/t19-,23-/m0/s1. The summed E-state index contributed by atoms with van der Waals surface area (Å²) in [5.74, 6) is 0.820. The van der Waals surface area contributed by atoms with Gasteiger partial charge in [0.15, 0.2) is 11.5 Å². The molecule has 1 fully saturated rings. The molecule has 0 unspecified atom stereocenters. The van der Waals surface area contributed by atoms with Gasteiger partial charge in [0.05, 0.1) is 18.0 Å². The lowest BCUT2D eigenvalue weighted by Crippen LogP contribution is -2.46. The number of amides is 1. The van der Waals surface area contributed by atoms with Crippen LogP contribution in [0.1, 0.15) is 36.9 Å². The number of hydrogen-bond acceptors (Lipinski definition) is 6. The summed E-state index contributed by atoms with van der Waals surface area (Å²) < 4.78 is 38.9. The maximum absolute atomic E-state index is 13.1. The van der Waals surface area contributed by atoms with E-state index in [4.69, 9.17) is 9.47 Å². The Morgan fingerprint density at radius 2 is 1.86 bits per heavy atom. The molecule has 0 saturated carbocycles. The number of hydrogen-bond donors (Lipinski definition) is 1. The molecule has 0 radical (unpaired) electrons. The molecule has 1 aromatic heterocycles. The summed E-state index contributed by atoms with van der Waals surface area (Å²) in [6.07, 6.45) is 4.53. The summed E-state index contributed by atoms with van der Waals surface area (Å²) in [5, 5.41) is 2.97. The van der Waals surface area contributed by atoms with Crippen LogP contribution in [0.15, 0.2) is 78.0 Å². The van der Waals surface area contributed by atoms with Gasteiger partial charge in [-0.05, 0) is 67.3 Å². The van der Waals surface area contributed by atoms with Gasteiger partial charge in [0.2, 0.25) is 15.9 Å². The largest absolute Gasteiger partial charge is 0.493 e. The third-order valence-corrected chi connectivity index (χ3v) is 7.97. The van der Waals surface area contributed by atoms with Crippen molar-refractivity contribution in [3.8, 4) is 11.5 Å². The maximum Gasteiger partial charge on any atom is 0.243 e. The second-order valence-electron chi connectivity index (χ2n) is 8.37. The van der Waals surface area contributed by atoms with Crippen LogP contribution >= 0.6 is 0 Å². The first-order valence-corrected chi connectivity index (χ1v) is 12.9. The highest BCUT2D eigenvalue weighted by Crippen LogP contribution is 2.32. The van der Waals surface area contributed by atoms with Gasteiger partial charge >= 0.3 is 0 Å². The van der Waals surface area contributed by atoms with Crippen molar-refractivity contribution in [2.45, 2.75) is 43.4 Å². The van der Waals surface area contributed by atoms with Crippen molar-refractivity contribution in [2.24, 2.45) is 0 Å². The molecule has 0 bridgehead atoms. The third-order valence-electron chi connectivity index (χ3n) is 6.05. The first-order valence-electron chi connectivity index (χ1n) is 11.5. The van der Waals surface area contributed by atoms with E-state index in [9.17, 15) is 13.2 Å². The van der Waals surface area contributed by atoms with Gasteiger partial charge in [-0.15, -0.1) is 0 Å². The summed E-state index contributed by atoms with van der Waals surface area (Å²) in [6, 6.07) is 16.4. The van der Waals surface area contributed by atoms with E-state index < -0.39 is 16.1 Å². The van der Waals surface area contributed by atoms with Crippen molar-refractivity contribution in [1.82, 2.24) is 14.6 Å². The summed E-state index contributed by atoms with van der Waals surface area (Å²) in [5.41, 5.74) is 1.81. The third kappa shape index (κ3) is 5.63. The van der Waals surface area contributed by atoms with Gasteiger partial charge in [-0.2, -0.15) is 4.31 Å². The summed E-state index contributed by atoms with van der Waals surface area (Å²) in [4.78, 5) is 17.3. The Labute approximate surface area is 206 Å². The first kappa shape index (κ1) is 24.7. The van der Waals surface area contributed by atoms with Crippen molar-refractivity contribution in [2.75, 3.05) is 13.7 Å². The van der Waals surface area contributed by atoms with E-state index in [0.717, 1.165) is 11.1 Å². The van der Waals surface area contributed by atoms with Crippen LogP contribution in [0.4, 0.5) is 0 Å². The van der Waals surface area contributed by atoms with Gasteiger partial charge in [0.1, 0.15) is 12.6 Å². The number of nitrogens with one attached hydrogen (secondary N) is 1. The minimum atomic E-state index is -3.75. The molecule has 0 aliphatic carbocycles. The smallest absolute Gasteiger partial charge is 0.243 e. The fourth-order valence-corrected chi connectivity index (χ4v) is 5.80. The predicted octanol–water partition coefficient (Wildman–Crippen LogP) is 3.70. The van der Waals surface area contributed by atoms with Crippen molar-refractivity contribution in [3.63, 3.8) is 0 Å². The first-order chi connectivity index (χ1) is 16.9. The Balaban J connectivity index is 1.44. The summed E-state index contributed by atoms with van der Waals surface area (Å²) in [6.45, 7) is 2.55. The monoisotopic (exact) mass is 495 g/mol. The average Bonchev–Trinajstić information content (AvgIpc) is 3.40. The van der Waals surface area contributed by atoms with Gasteiger partial charge in [-0.1, -0.05) is 24.3 Å². The van der Waals surface area contributed by atoms with E-state index in [-0.39, 0.29) is 16.8 Å². The molecule has 2 atom stereocenters. The Morgan fingerprint density at radius 1 is 1.11 bits per heavy atom. The minimum absolute atomic E-state index is 0.194. The fraction of sp³-hybridized carbons (Fsp3) is 0.308. The zero-order valence-corrected chi connectivity index (χ0v) is 20.6. The van der Waals surface area contributed by atoms with E-state index in [1.165, 1.54) is 4.31 Å². The molecule has 1 saturated heterocycles. The second-order valence-corrected chi connectivity index (χ2v) is 10.3. The van der Waals surface area contributed by atoms with E-state index in [0.29, 0.717) is 37.5 Å². The van der Waals surface area contributed by atoms with E-state index in [2.05, 4.69) is 10.3 Å². The van der Waals surface area contributed by atoms with E-state index >= 15 is 0 Å². The SMILES string of the molecule is COc1cc([C@H](C)NC(=O)[C@@H]2CCCN2S(=O)(=O)c2ccccc2)ccc1OCc1ccncc1. The molecule has 2 heterocycles. The molecule has 0 spiro atoms. The molecule has 2 aromatic carbocycles. The lowest BCUT2D eigenvalue weighted by Gasteiger charge is -2.25. The molecule has 1 amide bonds. The second kappa shape index (κ2) is 10.9. The number of sulfonamides is 1. The van der Waals surface area contributed by atoms with Crippen LogP contribution in [0.5, 0.6) is 11.5 Å². The molecular weight excluding hydrogens is 466 g/mol. The highest BCUT2D eigenvalue weighted by atomic mass is 32.2. The topological polar surface area (TPSA) is 97.8 Å². The lowest BCUT2D eigenvalue weighted by molar-refractivity contribution is -0.124. The molecule has 9 heteroatoms. The normalized spacial score (nSPS) is 17.0. The molecule has 184 valence electrons. The number of rotatable bonds is 9. The minimum Gasteiger partial charge on any atom is -0.493 e. The molecule has 1 aliphatic rings. The quantitative estimate of drug-likeness (QED) is 0.486. The Bertz CT molecular complexity index is 1250. The Kier molecular flexibility index (Phi) is 7.67. The van der Waals surface area contributed by atoms with E-state index in [1.807, 2.05) is 31.2 Å². The predicted molar refractivity (Wildman–Crippen MR) is 131 cm³/mol. The van der Waals surface area contributed by atoms with Gasteiger partial charge in [-0.3, -0.25) is 9.78 Å². The molecule has 35 heavy (non-hydrogen) atoms. The van der Waals surface area contributed by atoms with Gasteiger partial charge < -0.3 is 14.8 Å². The fourth-order valence-electron chi connectivity index (χ4n) is 4.12. The van der Waals surface area contributed by atoms with Crippen molar-refractivity contribution in [3.05, 3.63) is 84.2 Å². The maximum atomic E-state index is 13.1. The molecule has 1 aliphatic heterocycles. The number of carbonyl (C=O) groups excluding carboxylic acids is 1. The number of pyridine rings is 1. The van der Waals surface area contributed by atoms with Crippen LogP contribution in [0.3, 0.4) is 0 Å². The van der Waals surface area contributed by atoms with Crippen LogP contribution < -0.4 is 14.8 Å². The molecular formula is C26H29N3O5S. The van der Waals surface area contributed by atoms with Crippen LogP contribution in [-0.2, 0) is 21.4 Å². The van der Waals surface area contributed by atoms with Crippen LogP contribution in [0.25, 0.3) is 0 Å². The molecule has 8 nitrogen and oxygen atoms in total. The highest BCUT2D eigenvalue weighted by molar-refractivity contribution is 7.89. The number of nitrogens with zero attached hydrogens (tertiary/aromatic N) is 2. The number of methoxy groups -OCH3 is 1. The Hall–Kier alpha value is -3.43. The van der Waals surface area contributed by atoms with Crippen molar-refractivity contribution >= 4 is 15.9 Å². The highest BCUT2D eigenvalue weighted by Gasteiger charge is 2.39. The van der Waals surface area contributed by atoms with Crippen LogP contribution in [0, 0.1) is 0 Å². The Morgan fingerprint density at radius 3 is 2.57 bits per heavy atom. The molecule has 3 aromatic rings. The zero-order valence-electron chi connectivity index (χ0n) is 19.8. The molecule has 4 rings (SSSR count). The van der Waals surface area contributed by atoms with Crippen LogP contribution in [0.2, 0.25) is 0 Å². The average molecular weight is 496 g/mol. The number of aromatic nitrogens is 1. The van der Waals surface area contributed by atoms with Crippen molar-refractivity contribution in [1.29, 1.82) is 0 Å². The number of carbonyl (C=O) groups is 1. The van der Waals surface area contributed by atoms with Crippen molar-refractivity contribution < 1.29 is 22.7 Å². The number of benzene rings is 2. The van der Waals surface area contributed by atoms with Gasteiger partial charge in [-0.25, -0.2) is 8.42 Å². The zero-order chi connectivity index (χ0) is 24.8. The van der Waals surface area contributed by atoms with E-state index in [1.54, 1.807) is 55.9 Å². The number of ether oxygens (including phenoxy) is 2. The van der Waals surface area contributed by atoms with Gasteiger partial charge in [0, 0.05) is 18.9 Å². The van der Waals surface area contributed by atoms with Crippen LogP contribution in [-0.4, -0.2) is 43.3 Å². The molecule has 1 N–H and O–H groups in total. The van der Waals surface area contributed by atoms with Gasteiger partial charge in [0.25, 0.3) is 0 Å².